The highest BCUT2D eigenvalue weighted by molar-refractivity contribution is 7.99. The summed E-state index contributed by atoms with van der Waals surface area (Å²) in [7, 11) is 0. The highest BCUT2D eigenvalue weighted by Gasteiger charge is 2.21. The summed E-state index contributed by atoms with van der Waals surface area (Å²) in [5, 5.41) is 12.8. The Morgan fingerprint density at radius 2 is 1.77 bits per heavy atom. The van der Waals surface area contributed by atoms with Crippen LogP contribution in [-0.4, -0.2) is 57.0 Å². The Balaban J connectivity index is 1.60. The van der Waals surface area contributed by atoms with Gasteiger partial charge in [-0.2, -0.15) is 0 Å². The number of carbonyl (C=O) groups is 1. The Morgan fingerprint density at radius 3 is 2.33 bits per heavy atom. The molecule has 0 atom stereocenters. The predicted molar refractivity (Wildman–Crippen MR) is 124 cm³/mol. The summed E-state index contributed by atoms with van der Waals surface area (Å²) in [5.74, 6) is 1.30. The van der Waals surface area contributed by atoms with E-state index in [9.17, 15) is 4.79 Å². The predicted octanol–water partition coefficient (Wildman–Crippen LogP) is 3.96. The second-order valence-corrected chi connectivity index (χ2v) is 9.89. The minimum Gasteiger partial charge on any atom is -0.353 e. The van der Waals surface area contributed by atoms with Crippen LogP contribution in [0.25, 0.3) is 11.4 Å². The number of piperidine rings is 1. The van der Waals surface area contributed by atoms with Gasteiger partial charge in [0.15, 0.2) is 11.0 Å². The normalized spacial score (nSPS) is 16.0. The fourth-order valence-corrected chi connectivity index (χ4v) is 4.62. The van der Waals surface area contributed by atoms with Gasteiger partial charge in [0.1, 0.15) is 0 Å². The van der Waals surface area contributed by atoms with Crippen molar-refractivity contribution >= 4 is 17.7 Å². The van der Waals surface area contributed by atoms with Gasteiger partial charge in [-0.25, -0.2) is 0 Å². The third-order valence-electron chi connectivity index (χ3n) is 5.77. The fourth-order valence-electron chi connectivity index (χ4n) is 3.81. The van der Waals surface area contributed by atoms with E-state index in [1.54, 1.807) is 0 Å². The van der Waals surface area contributed by atoms with E-state index in [0.717, 1.165) is 55.6 Å². The number of nitrogens with one attached hydrogen (secondary N) is 1. The highest BCUT2D eigenvalue weighted by atomic mass is 32.2. The van der Waals surface area contributed by atoms with Crippen molar-refractivity contribution in [2.75, 3.05) is 25.4 Å². The molecule has 2 heterocycles. The van der Waals surface area contributed by atoms with Crippen molar-refractivity contribution in [2.24, 2.45) is 0 Å². The van der Waals surface area contributed by atoms with Gasteiger partial charge < -0.3 is 14.8 Å². The molecule has 1 N–H and O–H groups in total. The lowest BCUT2D eigenvalue weighted by molar-refractivity contribution is -0.119. The van der Waals surface area contributed by atoms with E-state index in [2.05, 4.69) is 83.9 Å². The van der Waals surface area contributed by atoms with Crippen molar-refractivity contribution < 1.29 is 4.79 Å². The maximum Gasteiger partial charge on any atom is 0.230 e. The Kier molecular flexibility index (Phi) is 7.58. The quantitative estimate of drug-likeness (QED) is 0.675. The zero-order valence-electron chi connectivity index (χ0n) is 18.9. The van der Waals surface area contributed by atoms with Crippen molar-refractivity contribution in [3.63, 3.8) is 0 Å². The molecule has 0 bridgehead atoms. The molecule has 1 aliphatic rings. The van der Waals surface area contributed by atoms with E-state index < -0.39 is 0 Å². The van der Waals surface area contributed by atoms with Gasteiger partial charge in [0.05, 0.1) is 5.75 Å². The smallest absolute Gasteiger partial charge is 0.230 e. The standard InChI is InChI=1S/C23H35N5OS/c1-6-27-14-12-19(13-15-27)24-20(29)16-30-22-26-25-21(28(22)7-2)17-8-10-18(11-9-17)23(3,4)5/h8-11,19H,6-7,12-16H2,1-5H3,(H,24,29). The molecule has 0 radical (unpaired) electrons. The molecule has 2 aromatic rings. The van der Waals surface area contributed by atoms with E-state index in [4.69, 9.17) is 0 Å². The number of nitrogens with zero attached hydrogens (tertiary/aromatic N) is 4. The summed E-state index contributed by atoms with van der Waals surface area (Å²) < 4.78 is 2.09. The lowest BCUT2D eigenvalue weighted by Gasteiger charge is -2.31. The summed E-state index contributed by atoms with van der Waals surface area (Å²) in [5.41, 5.74) is 2.47. The molecule has 3 rings (SSSR count). The molecular formula is C23H35N5OS. The summed E-state index contributed by atoms with van der Waals surface area (Å²) in [6.45, 7) is 14.9. The molecular weight excluding hydrogens is 394 g/mol. The molecule has 1 aromatic heterocycles. The Morgan fingerprint density at radius 1 is 1.10 bits per heavy atom. The molecule has 164 valence electrons. The van der Waals surface area contributed by atoms with Crippen molar-refractivity contribution in [3.8, 4) is 11.4 Å². The number of hydrogen-bond donors (Lipinski definition) is 1. The van der Waals surface area contributed by atoms with Crippen molar-refractivity contribution in [1.82, 2.24) is 25.0 Å². The number of likely N-dealkylation sites (tertiary alicyclic amines) is 1. The minimum absolute atomic E-state index is 0.0803. The van der Waals surface area contributed by atoms with Crippen LogP contribution >= 0.6 is 11.8 Å². The Labute approximate surface area is 184 Å². The molecule has 30 heavy (non-hydrogen) atoms. The Hall–Kier alpha value is -1.86. The molecule has 7 heteroatoms. The molecule has 1 fully saturated rings. The first-order valence-electron chi connectivity index (χ1n) is 11.0. The first-order valence-corrected chi connectivity index (χ1v) is 12.0. The Bertz CT molecular complexity index is 832. The largest absolute Gasteiger partial charge is 0.353 e. The number of aromatic nitrogens is 3. The van der Waals surface area contributed by atoms with Crippen LogP contribution in [0.2, 0.25) is 0 Å². The van der Waals surface area contributed by atoms with Crippen LogP contribution in [0.5, 0.6) is 0 Å². The SMILES string of the molecule is CCN1CCC(NC(=O)CSc2nnc(-c3ccc(C(C)(C)C)cc3)n2CC)CC1. The van der Waals surface area contributed by atoms with Crippen LogP contribution in [-0.2, 0) is 16.8 Å². The zero-order valence-corrected chi connectivity index (χ0v) is 19.8. The molecule has 1 saturated heterocycles. The van der Waals surface area contributed by atoms with Gasteiger partial charge in [-0.05, 0) is 37.3 Å². The average molecular weight is 430 g/mol. The van der Waals surface area contributed by atoms with Crippen LogP contribution in [0.3, 0.4) is 0 Å². The molecule has 1 amide bonds. The molecule has 0 aliphatic carbocycles. The summed E-state index contributed by atoms with van der Waals surface area (Å²) in [4.78, 5) is 14.9. The zero-order chi connectivity index (χ0) is 21.7. The van der Waals surface area contributed by atoms with Crippen LogP contribution in [0.1, 0.15) is 53.0 Å². The first-order chi connectivity index (χ1) is 14.3. The van der Waals surface area contributed by atoms with Gasteiger partial charge in [-0.3, -0.25) is 4.79 Å². The van der Waals surface area contributed by atoms with Crippen molar-refractivity contribution in [2.45, 2.75) is 70.6 Å². The van der Waals surface area contributed by atoms with Crippen LogP contribution < -0.4 is 5.32 Å². The van der Waals surface area contributed by atoms with E-state index >= 15 is 0 Å². The molecule has 1 aromatic carbocycles. The number of benzene rings is 1. The maximum atomic E-state index is 12.4. The van der Waals surface area contributed by atoms with E-state index in [-0.39, 0.29) is 11.3 Å². The van der Waals surface area contributed by atoms with Crippen molar-refractivity contribution in [3.05, 3.63) is 29.8 Å². The molecule has 6 nitrogen and oxygen atoms in total. The van der Waals surface area contributed by atoms with Gasteiger partial charge in [0, 0.05) is 31.2 Å². The third-order valence-corrected chi connectivity index (χ3v) is 6.74. The van der Waals surface area contributed by atoms with E-state index in [1.165, 1.54) is 17.3 Å². The summed E-state index contributed by atoms with van der Waals surface area (Å²) in [6.07, 6.45) is 2.06. The summed E-state index contributed by atoms with van der Waals surface area (Å²) >= 11 is 1.46. The second kappa shape index (κ2) is 9.96. The number of rotatable bonds is 7. The number of amides is 1. The highest BCUT2D eigenvalue weighted by Crippen LogP contribution is 2.27. The number of carbonyl (C=O) groups excluding carboxylic acids is 1. The van der Waals surface area contributed by atoms with E-state index in [1.807, 2.05) is 0 Å². The van der Waals surface area contributed by atoms with Gasteiger partial charge in [-0.1, -0.05) is 63.7 Å². The third kappa shape index (κ3) is 5.64. The lowest BCUT2D eigenvalue weighted by atomic mass is 9.87. The average Bonchev–Trinajstić information content (AvgIpc) is 3.15. The van der Waals surface area contributed by atoms with Crippen LogP contribution in [0.4, 0.5) is 0 Å². The van der Waals surface area contributed by atoms with Crippen LogP contribution in [0.15, 0.2) is 29.4 Å². The first kappa shape index (κ1) is 22.8. The monoisotopic (exact) mass is 429 g/mol. The second-order valence-electron chi connectivity index (χ2n) is 8.94. The molecule has 0 unspecified atom stereocenters. The number of thioether (sulfide) groups is 1. The molecule has 0 spiro atoms. The van der Waals surface area contributed by atoms with Gasteiger partial charge in [0.25, 0.3) is 0 Å². The minimum atomic E-state index is 0.0803. The summed E-state index contributed by atoms with van der Waals surface area (Å²) in [6, 6.07) is 8.84. The fraction of sp³-hybridized carbons (Fsp3) is 0.609. The van der Waals surface area contributed by atoms with Gasteiger partial charge in [-0.15, -0.1) is 10.2 Å². The topological polar surface area (TPSA) is 63.1 Å². The number of hydrogen-bond acceptors (Lipinski definition) is 5. The van der Waals surface area contributed by atoms with Gasteiger partial charge >= 0.3 is 0 Å². The van der Waals surface area contributed by atoms with Gasteiger partial charge in [0.2, 0.25) is 5.91 Å². The molecule has 1 aliphatic heterocycles. The maximum absolute atomic E-state index is 12.4. The van der Waals surface area contributed by atoms with Crippen molar-refractivity contribution in [1.29, 1.82) is 0 Å². The molecule has 0 saturated carbocycles. The van der Waals surface area contributed by atoms with Crippen LogP contribution in [0, 0.1) is 0 Å². The lowest BCUT2D eigenvalue weighted by Crippen LogP contribution is -2.45. The van der Waals surface area contributed by atoms with E-state index in [0.29, 0.717) is 11.8 Å².